The van der Waals surface area contributed by atoms with Gasteiger partial charge in [0.15, 0.2) is 11.6 Å². The summed E-state index contributed by atoms with van der Waals surface area (Å²) in [5.74, 6) is 1.08. The molecule has 0 saturated heterocycles. The van der Waals surface area contributed by atoms with Crippen LogP contribution in [0.25, 0.3) is 0 Å². The Morgan fingerprint density at radius 3 is 2.58 bits per heavy atom. The van der Waals surface area contributed by atoms with E-state index in [0.29, 0.717) is 11.6 Å². The molecule has 0 fully saturated rings. The first-order chi connectivity index (χ1) is 5.49. The van der Waals surface area contributed by atoms with Crippen LogP contribution in [0.15, 0.2) is 27.8 Å². The molecule has 0 unspecified atom stereocenters. The first kappa shape index (κ1) is 8.84. The smallest absolute Gasteiger partial charge is 0.168 e. The van der Waals surface area contributed by atoms with Gasteiger partial charge in [-0.1, -0.05) is 0 Å². The fourth-order valence-corrected chi connectivity index (χ4v) is 0.841. The summed E-state index contributed by atoms with van der Waals surface area (Å²) in [4.78, 5) is 4.25. The molecule has 0 saturated carbocycles. The minimum absolute atomic E-state index is 0.156. The Morgan fingerprint density at radius 1 is 1.50 bits per heavy atom. The van der Waals surface area contributed by atoms with E-state index in [1.165, 1.54) is 0 Å². The first-order valence-electron chi connectivity index (χ1n) is 3.88. The first-order valence-corrected chi connectivity index (χ1v) is 3.88. The van der Waals surface area contributed by atoms with Gasteiger partial charge >= 0.3 is 0 Å². The second kappa shape index (κ2) is 3.01. The quantitative estimate of drug-likeness (QED) is 0.510. The van der Waals surface area contributed by atoms with Crippen LogP contribution in [0.3, 0.4) is 0 Å². The molecule has 0 aliphatic rings. The lowest BCUT2D eigenvalue weighted by molar-refractivity contribution is 0.545. The zero-order valence-corrected chi connectivity index (χ0v) is 7.66. The van der Waals surface area contributed by atoms with Gasteiger partial charge in [0.25, 0.3) is 0 Å². The van der Waals surface area contributed by atoms with E-state index >= 15 is 0 Å². The minimum Gasteiger partial charge on any atom is -0.461 e. The van der Waals surface area contributed by atoms with Crippen molar-refractivity contribution >= 4 is 5.84 Å². The molecule has 0 atom stereocenters. The lowest BCUT2D eigenvalue weighted by Crippen LogP contribution is -2.20. The Labute approximate surface area is 72.3 Å². The van der Waals surface area contributed by atoms with Crippen LogP contribution in [0.1, 0.15) is 26.5 Å². The summed E-state index contributed by atoms with van der Waals surface area (Å²) in [5, 5.41) is 0. The van der Waals surface area contributed by atoms with Crippen molar-refractivity contribution < 1.29 is 4.42 Å². The number of aliphatic imine (C=N–C) groups is 1. The number of hydrogen-bond acceptors (Lipinski definition) is 2. The molecule has 66 valence electrons. The Hall–Kier alpha value is -1.25. The Kier molecular flexibility index (Phi) is 2.22. The average Bonchev–Trinajstić information content (AvgIpc) is 2.32. The van der Waals surface area contributed by atoms with Crippen molar-refractivity contribution in [2.24, 2.45) is 10.7 Å². The van der Waals surface area contributed by atoms with Crippen molar-refractivity contribution in [3.05, 3.63) is 24.2 Å². The van der Waals surface area contributed by atoms with Gasteiger partial charge in [0.2, 0.25) is 0 Å². The van der Waals surface area contributed by atoms with E-state index in [4.69, 9.17) is 10.2 Å². The highest BCUT2D eigenvalue weighted by Gasteiger charge is 2.10. The van der Waals surface area contributed by atoms with Crippen molar-refractivity contribution in [3.8, 4) is 0 Å². The predicted octanol–water partition coefficient (Wildman–Crippen LogP) is 1.78. The van der Waals surface area contributed by atoms with Gasteiger partial charge in [-0.3, -0.25) is 4.99 Å². The summed E-state index contributed by atoms with van der Waals surface area (Å²) in [6, 6.07) is 3.59. The molecule has 0 spiro atoms. The van der Waals surface area contributed by atoms with Crippen LogP contribution >= 0.6 is 0 Å². The Bertz CT molecular complexity index is 267. The second-order valence-corrected chi connectivity index (χ2v) is 3.65. The molecule has 3 nitrogen and oxygen atoms in total. The van der Waals surface area contributed by atoms with Crippen LogP contribution in [0.2, 0.25) is 0 Å². The standard InChI is InChI=1S/C9H14N2O/c1-9(2,3)11-8(10)7-5-4-6-12-7/h4-6H,1-3H3,(H2,10,11). The van der Waals surface area contributed by atoms with E-state index in [-0.39, 0.29) is 5.54 Å². The predicted molar refractivity (Wildman–Crippen MR) is 49.2 cm³/mol. The van der Waals surface area contributed by atoms with Crippen LogP contribution in [0.5, 0.6) is 0 Å². The summed E-state index contributed by atoms with van der Waals surface area (Å²) in [5.41, 5.74) is 5.53. The molecular formula is C9H14N2O. The SMILES string of the molecule is CC(C)(C)N=C(N)c1ccco1. The van der Waals surface area contributed by atoms with Gasteiger partial charge in [0.1, 0.15) is 0 Å². The lowest BCUT2D eigenvalue weighted by Gasteiger charge is -2.12. The molecule has 1 aromatic rings. The zero-order chi connectivity index (χ0) is 9.19. The van der Waals surface area contributed by atoms with Crippen LogP contribution in [-0.2, 0) is 0 Å². The fraction of sp³-hybridized carbons (Fsp3) is 0.444. The zero-order valence-electron chi connectivity index (χ0n) is 7.66. The Balaban J connectivity index is 2.85. The molecule has 0 bridgehead atoms. The van der Waals surface area contributed by atoms with Gasteiger partial charge in [0, 0.05) is 0 Å². The van der Waals surface area contributed by atoms with E-state index in [9.17, 15) is 0 Å². The van der Waals surface area contributed by atoms with E-state index in [2.05, 4.69) is 4.99 Å². The molecule has 0 amide bonds. The van der Waals surface area contributed by atoms with Crippen molar-refractivity contribution in [1.82, 2.24) is 0 Å². The van der Waals surface area contributed by atoms with E-state index in [1.54, 1.807) is 18.4 Å². The topological polar surface area (TPSA) is 51.5 Å². The highest BCUT2D eigenvalue weighted by Crippen LogP contribution is 2.08. The van der Waals surface area contributed by atoms with Gasteiger partial charge < -0.3 is 10.2 Å². The molecule has 0 aliphatic heterocycles. The fourth-order valence-electron chi connectivity index (χ4n) is 0.841. The van der Waals surface area contributed by atoms with Gasteiger partial charge in [0.05, 0.1) is 11.8 Å². The third-order valence-corrected chi connectivity index (χ3v) is 1.23. The third-order valence-electron chi connectivity index (χ3n) is 1.23. The molecule has 1 heterocycles. The molecule has 0 radical (unpaired) electrons. The number of amidine groups is 1. The molecule has 2 N–H and O–H groups in total. The largest absolute Gasteiger partial charge is 0.461 e. The van der Waals surface area contributed by atoms with Crippen LogP contribution in [0.4, 0.5) is 0 Å². The maximum atomic E-state index is 5.68. The summed E-state index contributed by atoms with van der Waals surface area (Å²) in [7, 11) is 0. The summed E-state index contributed by atoms with van der Waals surface area (Å²) in [6.45, 7) is 5.97. The van der Waals surface area contributed by atoms with Crippen LogP contribution in [-0.4, -0.2) is 11.4 Å². The lowest BCUT2D eigenvalue weighted by atomic mass is 10.1. The third kappa shape index (κ3) is 2.42. The molecule has 12 heavy (non-hydrogen) atoms. The van der Waals surface area contributed by atoms with Crippen LogP contribution in [0, 0.1) is 0 Å². The molecule has 0 aliphatic carbocycles. The number of rotatable bonds is 1. The highest BCUT2D eigenvalue weighted by molar-refractivity contribution is 5.95. The maximum absolute atomic E-state index is 5.68. The van der Waals surface area contributed by atoms with Gasteiger partial charge in [-0.2, -0.15) is 0 Å². The van der Waals surface area contributed by atoms with Crippen molar-refractivity contribution in [2.45, 2.75) is 26.3 Å². The number of nitrogens with zero attached hydrogens (tertiary/aromatic N) is 1. The van der Waals surface area contributed by atoms with Crippen LogP contribution < -0.4 is 5.73 Å². The molecule has 1 rings (SSSR count). The highest BCUT2D eigenvalue weighted by atomic mass is 16.3. The molecule has 0 aromatic carbocycles. The van der Waals surface area contributed by atoms with Gasteiger partial charge in [-0.15, -0.1) is 0 Å². The normalized spacial score (nSPS) is 13.4. The van der Waals surface area contributed by atoms with Crippen molar-refractivity contribution in [3.63, 3.8) is 0 Å². The van der Waals surface area contributed by atoms with Gasteiger partial charge in [-0.05, 0) is 32.9 Å². The van der Waals surface area contributed by atoms with E-state index < -0.39 is 0 Å². The van der Waals surface area contributed by atoms with Crippen molar-refractivity contribution in [1.29, 1.82) is 0 Å². The van der Waals surface area contributed by atoms with E-state index in [1.807, 2.05) is 20.8 Å². The second-order valence-electron chi connectivity index (χ2n) is 3.65. The number of nitrogens with two attached hydrogens (primary N) is 1. The number of furan rings is 1. The summed E-state index contributed by atoms with van der Waals surface area (Å²) in [6.07, 6.45) is 1.58. The van der Waals surface area contributed by atoms with E-state index in [0.717, 1.165) is 0 Å². The summed E-state index contributed by atoms with van der Waals surface area (Å²) < 4.78 is 5.09. The molecule has 1 aromatic heterocycles. The Morgan fingerprint density at radius 2 is 2.17 bits per heavy atom. The van der Waals surface area contributed by atoms with Gasteiger partial charge in [-0.25, -0.2) is 0 Å². The number of hydrogen-bond donors (Lipinski definition) is 1. The average molecular weight is 166 g/mol. The molecule has 3 heteroatoms. The van der Waals surface area contributed by atoms with Crippen molar-refractivity contribution in [2.75, 3.05) is 0 Å². The monoisotopic (exact) mass is 166 g/mol. The molecular weight excluding hydrogens is 152 g/mol. The summed E-state index contributed by atoms with van der Waals surface area (Å²) >= 11 is 0. The maximum Gasteiger partial charge on any atom is 0.168 e. The minimum atomic E-state index is -0.156.